The Bertz CT molecular complexity index is 969. The number of nitrogens with zero attached hydrogens (tertiary/aromatic N) is 1. The second kappa shape index (κ2) is 9.87. The van der Waals surface area contributed by atoms with Gasteiger partial charge in [0.1, 0.15) is 17.3 Å². The van der Waals surface area contributed by atoms with E-state index in [4.69, 9.17) is 18.9 Å². The maximum atomic E-state index is 5.80. The number of fused-ring (bicyclic) bond motifs is 1. The molecule has 0 spiro atoms. The van der Waals surface area contributed by atoms with Crippen molar-refractivity contribution in [3.05, 3.63) is 83.8 Å². The largest absolute Gasteiger partial charge is 0.496 e. The number of hydrogen-bond acceptors (Lipinski definition) is 4. The van der Waals surface area contributed by atoms with Crippen molar-refractivity contribution in [1.29, 1.82) is 0 Å². The van der Waals surface area contributed by atoms with Crippen LogP contribution in [0.1, 0.15) is 29.3 Å². The van der Waals surface area contributed by atoms with E-state index >= 15 is 0 Å². The minimum absolute atomic E-state index is 0.141. The van der Waals surface area contributed by atoms with Crippen LogP contribution in [0, 0.1) is 0 Å². The van der Waals surface area contributed by atoms with Gasteiger partial charge in [-0.3, -0.25) is 0 Å². The van der Waals surface area contributed by atoms with Crippen LogP contribution in [-0.2, 0) is 13.0 Å². The third-order valence-electron chi connectivity index (χ3n) is 5.11. The van der Waals surface area contributed by atoms with E-state index in [1.165, 1.54) is 0 Å². The van der Waals surface area contributed by atoms with Crippen molar-refractivity contribution in [3.63, 3.8) is 0 Å². The second-order valence-electron chi connectivity index (χ2n) is 7.10. The first-order chi connectivity index (χ1) is 14.8. The van der Waals surface area contributed by atoms with Crippen LogP contribution >= 0.6 is 0 Å². The summed E-state index contributed by atoms with van der Waals surface area (Å²) in [4.78, 5) is 4.83. The molecular weight excluding hydrogens is 378 g/mol. The predicted octanol–water partition coefficient (Wildman–Crippen LogP) is 4.09. The van der Waals surface area contributed by atoms with Crippen LogP contribution in [0.2, 0.25) is 0 Å². The molecule has 1 aromatic heterocycles. The summed E-state index contributed by atoms with van der Waals surface area (Å²) in [5, 5.41) is 7.03. The molecule has 0 saturated heterocycles. The minimum Gasteiger partial charge on any atom is -0.496 e. The van der Waals surface area contributed by atoms with Crippen LogP contribution in [-0.4, -0.2) is 26.2 Å². The molecule has 2 aromatic carbocycles. The fourth-order valence-corrected chi connectivity index (χ4v) is 3.57. The second-order valence-corrected chi connectivity index (χ2v) is 7.10. The van der Waals surface area contributed by atoms with E-state index in [1.807, 2.05) is 54.6 Å². The molecule has 6 nitrogen and oxygen atoms in total. The topological polar surface area (TPSA) is 68.0 Å². The first kappa shape index (κ1) is 19.9. The minimum atomic E-state index is 0.141. The van der Waals surface area contributed by atoms with Gasteiger partial charge in [-0.15, -0.1) is 0 Å². The van der Waals surface area contributed by atoms with Crippen LogP contribution in [0.3, 0.4) is 0 Å². The van der Waals surface area contributed by atoms with E-state index in [2.05, 4.69) is 16.7 Å². The third-order valence-corrected chi connectivity index (χ3v) is 5.11. The molecule has 0 bridgehead atoms. The van der Waals surface area contributed by atoms with Gasteiger partial charge in [0.2, 0.25) is 0 Å². The average Bonchev–Trinajstić information content (AvgIpc) is 3.31. The number of hydrogen-bond donors (Lipinski definition) is 2. The molecular formula is C24H27N3O3. The molecule has 0 amide bonds. The number of nitrogens with one attached hydrogen (secondary N) is 2. The maximum Gasteiger partial charge on any atom is 0.192 e. The lowest BCUT2D eigenvalue weighted by atomic mass is 10.0. The molecule has 0 aliphatic carbocycles. The van der Waals surface area contributed by atoms with Gasteiger partial charge in [0.25, 0.3) is 0 Å². The van der Waals surface area contributed by atoms with E-state index in [1.54, 1.807) is 13.4 Å². The van der Waals surface area contributed by atoms with Crippen LogP contribution in [0.4, 0.5) is 0 Å². The van der Waals surface area contributed by atoms with Crippen LogP contribution < -0.4 is 20.1 Å². The Morgan fingerprint density at radius 3 is 2.83 bits per heavy atom. The fraction of sp³-hybridized carbons (Fsp3) is 0.292. The van der Waals surface area contributed by atoms with Crippen molar-refractivity contribution in [2.24, 2.45) is 4.99 Å². The summed E-state index contributed by atoms with van der Waals surface area (Å²) in [6.45, 7) is 1.92. The molecule has 0 fully saturated rings. The summed E-state index contributed by atoms with van der Waals surface area (Å²) in [6.07, 6.45) is 3.36. The number of rotatable bonds is 7. The average molecular weight is 405 g/mol. The number of aliphatic imine (C=N–C) groups is 1. The Morgan fingerprint density at radius 1 is 1.10 bits per heavy atom. The van der Waals surface area contributed by atoms with E-state index in [0.29, 0.717) is 13.2 Å². The smallest absolute Gasteiger partial charge is 0.192 e. The van der Waals surface area contributed by atoms with Crippen molar-refractivity contribution >= 4 is 5.96 Å². The molecule has 3 aromatic rings. The first-order valence-electron chi connectivity index (χ1n) is 10.2. The highest BCUT2D eigenvalue weighted by atomic mass is 16.5. The highest BCUT2D eigenvalue weighted by Gasteiger charge is 2.22. The van der Waals surface area contributed by atoms with Gasteiger partial charge in [0, 0.05) is 30.5 Å². The number of methoxy groups -OCH3 is 1. The summed E-state index contributed by atoms with van der Waals surface area (Å²) in [5.41, 5.74) is 2.20. The Kier molecular flexibility index (Phi) is 6.54. The molecule has 0 saturated carbocycles. The molecule has 2 N–H and O–H groups in total. The molecule has 1 aliphatic heterocycles. The standard InChI is InChI=1S/C24H27N3O3/c1-28-22-10-4-2-7-18(22)17-26-24(25-14-12-19-8-6-15-29-19)27-21-13-16-30-23-11-5-3-9-20(21)23/h2-11,15,21H,12-14,16-17H2,1H3,(H2,25,26,27). The van der Waals surface area contributed by atoms with Gasteiger partial charge in [-0.25, -0.2) is 4.99 Å². The van der Waals surface area contributed by atoms with E-state index < -0.39 is 0 Å². The van der Waals surface area contributed by atoms with Gasteiger partial charge in [-0.05, 0) is 24.3 Å². The summed E-state index contributed by atoms with van der Waals surface area (Å²) in [5.74, 6) is 3.48. The maximum absolute atomic E-state index is 5.80. The monoisotopic (exact) mass is 405 g/mol. The molecule has 30 heavy (non-hydrogen) atoms. The summed E-state index contributed by atoms with van der Waals surface area (Å²) in [6, 6.07) is 20.1. The van der Waals surface area contributed by atoms with Crippen LogP contribution in [0.5, 0.6) is 11.5 Å². The zero-order valence-electron chi connectivity index (χ0n) is 17.1. The van der Waals surface area contributed by atoms with Gasteiger partial charge in [0.15, 0.2) is 5.96 Å². The first-order valence-corrected chi connectivity index (χ1v) is 10.2. The molecule has 6 heteroatoms. The Hall–Kier alpha value is -3.41. The van der Waals surface area contributed by atoms with Gasteiger partial charge in [-0.1, -0.05) is 36.4 Å². The lowest BCUT2D eigenvalue weighted by molar-refractivity contribution is 0.261. The van der Waals surface area contributed by atoms with E-state index in [9.17, 15) is 0 Å². The van der Waals surface area contributed by atoms with Gasteiger partial charge in [0.05, 0.1) is 32.6 Å². The summed E-state index contributed by atoms with van der Waals surface area (Å²) >= 11 is 0. The van der Waals surface area contributed by atoms with Crippen molar-refractivity contribution in [3.8, 4) is 11.5 Å². The number of furan rings is 1. The predicted molar refractivity (Wildman–Crippen MR) is 117 cm³/mol. The SMILES string of the molecule is COc1ccccc1CN=C(NCCc1ccco1)NC1CCOc2ccccc21. The highest BCUT2D eigenvalue weighted by Crippen LogP contribution is 2.31. The van der Waals surface area contributed by atoms with Crippen molar-refractivity contribution in [2.75, 3.05) is 20.3 Å². The normalized spacial score (nSPS) is 15.8. The van der Waals surface area contributed by atoms with Crippen LogP contribution in [0.15, 0.2) is 76.3 Å². The summed E-state index contributed by atoms with van der Waals surface area (Å²) < 4.78 is 16.7. The lowest BCUT2D eigenvalue weighted by Gasteiger charge is -2.28. The molecule has 156 valence electrons. The van der Waals surface area contributed by atoms with Gasteiger partial charge in [-0.2, -0.15) is 0 Å². The number of benzene rings is 2. The van der Waals surface area contributed by atoms with Crippen molar-refractivity contribution < 1.29 is 13.9 Å². The lowest BCUT2D eigenvalue weighted by Crippen LogP contribution is -2.41. The Labute approximate surface area is 176 Å². The molecule has 0 radical (unpaired) electrons. The zero-order valence-corrected chi connectivity index (χ0v) is 17.1. The highest BCUT2D eigenvalue weighted by molar-refractivity contribution is 5.80. The van der Waals surface area contributed by atoms with Crippen molar-refractivity contribution in [1.82, 2.24) is 10.6 Å². The molecule has 1 aliphatic rings. The Morgan fingerprint density at radius 2 is 1.97 bits per heavy atom. The van der Waals surface area contributed by atoms with Gasteiger partial charge < -0.3 is 24.5 Å². The number of guanidine groups is 1. The Balaban J connectivity index is 1.49. The fourth-order valence-electron chi connectivity index (χ4n) is 3.57. The zero-order chi connectivity index (χ0) is 20.6. The molecule has 1 unspecified atom stereocenters. The quantitative estimate of drug-likeness (QED) is 0.458. The third kappa shape index (κ3) is 4.95. The summed E-state index contributed by atoms with van der Waals surface area (Å²) in [7, 11) is 1.68. The molecule has 4 rings (SSSR count). The van der Waals surface area contributed by atoms with E-state index in [-0.39, 0.29) is 6.04 Å². The number of para-hydroxylation sites is 2. The van der Waals surface area contributed by atoms with Crippen molar-refractivity contribution in [2.45, 2.75) is 25.4 Å². The molecule has 1 atom stereocenters. The van der Waals surface area contributed by atoms with E-state index in [0.717, 1.165) is 53.7 Å². The van der Waals surface area contributed by atoms with Gasteiger partial charge >= 0.3 is 0 Å². The van der Waals surface area contributed by atoms with Crippen LogP contribution in [0.25, 0.3) is 0 Å². The molecule has 2 heterocycles. The number of ether oxygens (including phenoxy) is 2.